The number of nitrogens with one attached hydrogen (secondary N) is 1. The van der Waals surface area contributed by atoms with Crippen molar-refractivity contribution in [3.63, 3.8) is 0 Å². The van der Waals surface area contributed by atoms with Crippen molar-refractivity contribution in [2.75, 3.05) is 6.54 Å². The Morgan fingerprint density at radius 1 is 1.00 bits per heavy atom. The molecule has 3 N–H and O–H groups in total. The fourth-order valence-electron chi connectivity index (χ4n) is 5.36. The lowest BCUT2D eigenvalue weighted by atomic mass is 9.81. The van der Waals surface area contributed by atoms with Crippen molar-refractivity contribution in [2.24, 2.45) is 23.5 Å². The topological polar surface area (TPSA) is 92.5 Å². The molecule has 1 heterocycles. The Morgan fingerprint density at radius 2 is 1.60 bits per heavy atom. The van der Waals surface area contributed by atoms with Crippen molar-refractivity contribution in [3.8, 4) is 11.1 Å². The Bertz CT molecular complexity index is 1150. The van der Waals surface area contributed by atoms with Gasteiger partial charge in [-0.2, -0.15) is 13.2 Å². The Labute approximate surface area is 234 Å². The minimum absolute atomic E-state index is 0.160. The summed E-state index contributed by atoms with van der Waals surface area (Å²) in [5, 5.41) is 2.95. The monoisotopic (exact) mass is 559 g/mol. The highest BCUT2D eigenvalue weighted by Crippen LogP contribution is 2.31. The van der Waals surface area contributed by atoms with Crippen LogP contribution in [0.3, 0.4) is 0 Å². The van der Waals surface area contributed by atoms with Crippen LogP contribution >= 0.6 is 0 Å². The van der Waals surface area contributed by atoms with E-state index in [2.05, 4.69) is 5.32 Å². The minimum atomic E-state index is -4.38. The van der Waals surface area contributed by atoms with Gasteiger partial charge in [-0.25, -0.2) is 0 Å². The summed E-state index contributed by atoms with van der Waals surface area (Å²) in [6.45, 7) is 6.84. The van der Waals surface area contributed by atoms with Crippen molar-refractivity contribution in [1.82, 2.24) is 10.2 Å². The van der Waals surface area contributed by atoms with Gasteiger partial charge in [0.05, 0.1) is 5.56 Å². The summed E-state index contributed by atoms with van der Waals surface area (Å²) in [7, 11) is 0. The first kappa shape index (κ1) is 31.2. The number of rotatable bonds is 11. The van der Waals surface area contributed by atoms with Gasteiger partial charge in [0.1, 0.15) is 6.04 Å². The van der Waals surface area contributed by atoms with Crippen LogP contribution in [0.2, 0.25) is 0 Å². The number of alkyl halides is 3. The van der Waals surface area contributed by atoms with Crippen LogP contribution in [0.1, 0.15) is 70.4 Å². The molecule has 218 valence electrons. The summed E-state index contributed by atoms with van der Waals surface area (Å²) in [6.07, 6.45) is -0.517. The van der Waals surface area contributed by atoms with Crippen LogP contribution in [0.5, 0.6) is 0 Å². The zero-order valence-corrected chi connectivity index (χ0v) is 23.5. The number of primary amides is 1. The average molecular weight is 560 g/mol. The quantitative estimate of drug-likeness (QED) is 0.357. The highest BCUT2D eigenvalue weighted by Gasteiger charge is 2.36. The fraction of sp³-hybridized carbons (Fsp3) is 0.516. The first-order valence-electron chi connectivity index (χ1n) is 14.1. The van der Waals surface area contributed by atoms with E-state index in [0.29, 0.717) is 37.9 Å². The number of hydrogen-bond acceptors (Lipinski definition) is 3. The number of carbonyl (C=O) groups excluding carboxylic acids is 3. The largest absolute Gasteiger partial charge is 0.416 e. The zero-order chi connectivity index (χ0) is 29.4. The normalized spacial score (nSPS) is 17.8. The standard InChI is InChI=1S/C31H40F3N3O3/c1-4-7-25(28(35)38)26(18-20(2)3)29(39)36-27-8-5-6-17-37(30(27)40)19-21-9-11-22(12-10-21)23-13-15-24(16-14-23)31(32,33)34/h9-16,20,25-27H,4-8,17-19H2,1-3H3,(H2,35,38)(H,36,39)/t25?,26?,27-/m0/s1. The molecule has 2 aromatic rings. The predicted octanol–water partition coefficient (Wildman–Crippen LogP) is 5.93. The van der Waals surface area contributed by atoms with Crippen LogP contribution in [0, 0.1) is 17.8 Å². The number of benzene rings is 2. The summed E-state index contributed by atoms with van der Waals surface area (Å²) in [4.78, 5) is 40.8. The second kappa shape index (κ2) is 13.8. The molecule has 0 radical (unpaired) electrons. The highest BCUT2D eigenvalue weighted by molar-refractivity contribution is 5.91. The van der Waals surface area contributed by atoms with Gasteiger partial charge in [0.15, 0.2) is 0 Å². The first-order chi connectivity index (χ1) is 18.9. The van der Waals surface area contributed by atoms with Crippen molar-refractivity contribution in [2.45, 2.75) is 78.1 Å². The van der Waals surface area contributed by atoms with E-state index in [4.69, 9.17) is 5.73 Å². The molecule has 1 saturated heterocycles. The van der Waals surface area contributed by atoms with Gasteiger partial charge in [-0.05, 0) is 66.8 Å². The van der Waals surface area contributed by atoms with Gasteiger partial charge in [-0.1, -0.05) is 63.6 Å². The van der Waals surface area contributed by atoms with Crippen LogP contribution in [0.25, 0.3) is 11.1 Å². The maximum atomic E-state index is 13.5. The molecule has 0 spiro atoms. The van der Waals surface area contributed by atoms with Crippen LogP contribution in [0.15, 0.2) is 48.5 Å². The molecule has 3 amide bonds. The Morgan fingerprint density at radius 3 is 2.12 bits per heavy atom. The predicted molar refractivity (Wildman–Crippen MR) is 149 cm³/mol. The number of nitrogens with two attached hydrogens (primary N) is 1. The number of nitrogens with zero attached hydrogens (tertiary/aromatic N) is 1. The first-order valence-corrected chi connectivity index (χ1v) is 14.1. The Kier molecular flexibility index (Phi) is 10.8. The third-order valence-corrected chi connectivity index (χ3v) is 7.48. The molecule has 3 atom stereocenters. The fourth-order valence-corrected chi connectivity index (χ4v) is 5.36. The second-order valence-electron chi connectivity index (χ2n) is 11.1. The summed E-state index contributed by atoms with van der Waals surface area (Å²) < 4.78 is 38.6. The molecule has 6 nitrogen and oxygen atoms in total. The third kappa shape index (κ3) is 8.32. The molecule has 1 aliphatic heterocycles. The van der Waals surface area contributed by atoms with Crippen molar-refractivity contribution in [1.29, 1.82) is 0 Å². The SMILES string of the molecule is CCCC(C(N)=O)C(CC(C)C)C(=O)N[C@H]1CCCCN(Cc2ccc(-c3ccc(C(F)(F)F)cc3)cc2)C1=O. The lowest BCUT2D eigenvalue weighted by molar-refractivity contribution is -0.139. The van der Waals surface area contributed by atoms with Gasteiger partial charge in [0.25, 0.3) is 0 Å². The van der Waals surface area contributed by atoms with Gasteiger partial charge < -0.3 is 16.0 Å². The van der Waals surface area contributed by atoms with Crippen LogP contribution in [0.4, 0.5) is 13.2 Å². The zero-order valence-electron chi connectivity index (χ0n) is 23.5. The van der Waals surface area contributed by atoms with Gasteiger partial charge in [-0.3, -0.25) is 14.4 Å². The molecule has 1 aliphatic rings. The van der Waals surface area contributed by atoms with E-state index >= 15 is 0 Å². The average Bonchev–Trinajstić information content (AvgIpc) is 3.06. The molecule has 2 aromatic carbocycles. The molecular formula is C31H40F3N3O3. The molecule has 1 fully saturated rings. The number of likely N-dealkylation sites (tertiary alicyclic amines) is 1. The molecule has 0 aromatic heterocycles. The van der Waals surface area contributed by atoms with E-state index in [9.17, 15) is 27.6 Å². The molecule has 9 heteroatoms. The highest BCUT2D eigenvalue weighted by atomic mass is 19.4. The molecule has 2 unspecified atom stereocenters. The molecule has 0 aliphatic carbocycles. The number of hydrogen-bond donors (Lipinski definition) is 2. The van der Waals surface area contributed by atoms with E-state index in [-0.39, 0.29) is 17.7 Å². The summed E-state index contributed by atoms with van der Waals surface area (Å²) in [6, 6.07) is 11.7. The molecule has 40 heavy (non-hydrogen) atoms. The Hall–Kier alpha value is -3.36. The van der Waals surface area contributed by atoms with Crippen LogP contribution in [-0.4, -0.2) is 35.2 Å². The minimum Gasteiger partial charge on any atom is -0.369 e. The Balaban J connectivity index is 1.70. The maximum absolute atomic E-state index is 13.5. The van der Waals surface area contributed by atoms with Crippen molar-refractivity contribution < 1.29 is 27.6 Å². The lowest BCUT2D eigenvalue weighted by Crippen LogP contribution is -2.50. The molecule has 0 bridgehead atoms. The molecule has 0 saturated carbocycles. The van der Waals surface area contributed by atoms with E-state index in [1.807, 2.05) is 45.0 Å². The van der Waals surface area contributed by atoms with E-state index in [1.165, 1.54) is 12.1 Å². The van der Waals surface area contributed by atoms with Crippen molar-refractivity contribution in [3.05, 3.63) is 59.7 Å². The third-order valence-electron chi connectivity index (χ3n) is 7.48. The van der Waals surface area contributed by atoms with E-state index in [1.54, 1.807) is 4.90 Å². The summed E-state index contributed by atoms with van der Waals surface area (Å²) >= 11 is 0. The van der Waals surface area contributed by atoms with Gasteiger partial charge >= 0.3 is 6.18 Å². The van der Waals surface area contributed by atoms with Crippen LogP contribution in [-0.2, 0) is 27.1 Å². The van der Waals surface area contributed by atoms with Gasteiger partial charge in [0.2, 0.25) is 17.7 Å². The maximum Gasteiger partial charge on any atom is 0.416 e. The van der Waals surface area contributed by atoms with E-state index < -0.39 is 35.5 Å². The molecular weight excluding hydrogens is 519 g/mol. The van der Waals surface area contributed by atoms with Gasteiger partial charge in [0, 0.05) is 24.9 Å². The number of amides is 3. The molecule has 3 rings (SSSR count). The number of carbonyl (C=O) groups is 3. The lowest BCUT2D eigenvalue weighted by Gasteiger charge is -2.29. The smallest absolute Gasteiger partial charge is 0.369 e. The second-order valence-corrected chi connectivity index (χ2v) is 11.1. The summed E-state index contributed by atoms with van der Waals surface area (Å²) in [5.74, 6) is -1.93. The van der Waals surface area contributed by atoms with Crippen LogP contribution < -0.4 is 11.1 Å². The van der Waals surface area contributed by atoms with Gasteiger partial charge in [-0.15, -0.1) is 0 Å². The van der Waals surface area contributed by atoms with E-state index in [0.717, 1.165) is 42.5 Å². The number of halogens is 3. The van der Waals surface area contributed by atoms with Crippen molar-refractivity contribution >= 4 is 17.7 Å². The summed E-state index contributed by atoms with van der Waals surface area (Å²) in [5.41, 5.74) is 7.29.